The van der Waals surface area contributed by atoms with Gasteiger partial charge in [0.05, 0.1) is 7.05 Å². The third-order valence-corrected chi connectivity index (χ3v) is 2.55. The first-order valence-corrected chi connectivity index (χ1v) is 5.66. The summed E-state index contributed by atoms with van der Waals surface area (Å²) in [7, 11) is 3.82. The maximum absolute atomic E-state index is 4.15. The molecule has 1 atom stereocenters. The van der Waals surface area contributed by atoms with Crippen molar-refractivity contribution >= 4 is 0 Å². The number of nitrogens with zero attached hydrogens (tertiary/aromatic N) is 4. The minimum atomic E-state index is 0.631. The lowest BCUT2D eigenvalue weighted by molar-refractivity contribution is 0.467. The molecule has 1 N–H and O–H groups in total. The predicted octanol–water partition coefficient (Wildman–Crippen LogP) is 0.921. The SMILES string of the molecule is CCCC(CCCc1nnn(C)n1)NC. The molecule has 15 heavy (non-hydrogen) atoms. The molecule has 0 aliphatic rings. The Bertz CT molecular complexity index is 271. The van der Waals surface area contributed by atoms with E-state index in [1.807, 2.05) is 7.05 Å². The topological polar surface area (TPSA) is 55.6 Å². The lowest BCUT2D eigenvalue weighted by atomic mass is 10.1. The van der Waals surface area contributed by atoms with E-state index >= 15 is 0 Å². The minimum absolute atomic E-state index is 0.631. The van der Waals surface area contributed by atoms with E-state index in [4.69, 9.17) is 0 Å². The summed E-state index contributed by atoms with van der Waals surface area (Å²) < 4.78 is 0. The van der Waals surface area contributed by atoms with Gasteiger partial charge in [0, 0.05) is 12.5 Å². The van der Waals surface area contributed by atoms with Crippen LogP contribution in [0.2, 0.25) is 0 Å². The van der Waals surface area contributed by atoms with Gasteiger partial charge in [-0.3, -0.25) is 0 Å². The molecule has 0 amide bonds. The van der Waals surface area contributed by atoms with Crippen molar-refractivity contribution in [3.8, 4) is 0 Å². The number of tetrazole rings is 1. The molecule has 0 radical (unpaired) electrons. The molecule has 1 rings (SSSR count). The van der Waals surface area contributed by atoms with E-state index in [0.717, 1.165) is 18.7 Å². The lowest BCUT2D eigenvalue weighted by Gasteiger charge is -2.13. The van der Waals surface area contributed by atoms with Crippen molar-refractivity contribution in [1.29, 1.82) is 0 Å². The Kier molecular flexibility index (Phi) is 5.25. The van der Waals surface area contributed by atoms with Gasteiger partial charge >= 0.3 is 0 Å². The van der Waals surface area contributed by atoms with Crippen LogP contribution in [0.4, 0.5) is 0 Å². The maximum atomic E-state index is 4.15. The van der Waals surface area contributed by atoms with E-state index < -0.39 is 0 Å². The van der Waals surface area contributed by atoms with Crippen molar-refractivity contribution in [3.63, 3.8) is 0 Å². The van der Waals surface area contributed by atoms with Gasteiger partial charge in [-0.2, -0.15) is 4.80 Å². The van der Waals surface area contributed by atoms with Crippen LogP contribution in [0.3, 0.4) is 0 Å². The van der Waals surface area contributed by atoms with Gasteiger partial charge in [0.2, 0.25) is 0 Å². The van der Waals surface area contributed by atoms with Gasteiger partial charge in [0.1, 0.15) is 0 Å². The Morgan fingerprint density at radius 1 is 1.40 bits per heavy atom. The van der Waals surface area contributed by atoms with E-state index in [2.05, 4.69) is 27.7 Å². The third kappa shape index (κ3) is 4.38. The fourth-order valence-corrected chi connectivity index (χ4v) is 1.71. The van der Waals surface area contributed by atoms with Crippen molar-refractivity contribution in [2.45, 2.75) is 45.1 Å². The molecular weight excluding hydrogens is 190 g/mol. The number of nitrogens with one attached hydrogen (secondary N) is 1. The van der Waals surface area contributed by atoms with Gasteiger partial charge in [0.15, 0.2) is 5.82 Å². The summed E-state index contributed by atoms with van der Waals surface area (Å²) in [5, 5.41) is 15.3. The van der Waals surface area contributed by atoms with E-state index in [1.165, 1.54) is 24.1 Å². The second kappa shape index (κ2) is 6.50. The molecule has 0 saturated carbocycles. The summed E-state index contributed by atoms with van der Waals surface area (Å²) >= 11 is 0. The molecule has 86 valence electrons. The van der Waals surface area contributed by atoms with Gasteiger partial charge in [-0.25, -0.2) is 0 Å². The van der Waals surface area contributed by atoms with Crippen LogP contribution in [0.5, 0.6) is 0 Å². The number of hydrogen-bond acceptors (Lipinski definition) is 4. The summed E-state index contributed by atoms with van der Waals surface area (Å²) in [5.74, 6) is 0.851. The van der Waals surface area contributed by atoms with Gasteiger partial charge in [0.25, 0.3) is 0 Å². The second-order valence-electron chi connectivity index (χ2n) is 3.86. The summed E-state index contributed by atoms with van der Waals surface area (Å²) in [6.07, 6.45) is 5.70. The van der Waals surface area contributed by atoms with Crippen LogP contribution in [-0.4, -0.2) is 33.3 Å². The lowest BCUT2D eigenvalue weighted by Crippen LogP contribution is -2.24. The highest BCUT2D eigenvalue weighted by Crippen LogP contribution is 2.06. The van der Waals surface area contributed by atoms with Crippen molar-refractivity contribution < 1.29 is 0 Å². The maximum Gasteiger partial charge on any atom is 0.174 e. The fourth-order valence-electron chi connectivity index (χ4n) is 1.71. The normalized spacial score (nSPS) is 13.0. The van der Waals surface area contributed by atoms with Gasteiger partial charge in [-0.1, -0.05) is 13.3 Å². The van der Waals surface area contributed by atoms with Gasteiger partial charge in [-0.05, 0) is 31.5 Å². The van der Waals surface area contributed by atoms with E-state index in [1.54, 1.807) is 7.05 Å². The zero-order valence-corrected chi connectivity index (χ0v) is 9.90. The minimum Gasteiger partial charge on any atom is -0.317 e. The molecule has 0 saturated heterocycles. The van der Waals surface area contributed by atoms with E-state index in [0.29, 0.717) is 6.04 Å². The monoisotopic (exact) mass is 211 g/mol. The fraction of sp³-hybridized carbons (Fsp3) is 0.900. The van der Waals surface area contributed by atoms with Crippen molar-refractivity contribution in [3.05, 3.63) is 5.82 Å². The molecular formula is C10H21N5. The molecule has 0 aromatic carbocycles. The van der Waals surface area contributed by atoms with Crippen LogP contribution >= 0.6 is 0 Å². The second-order valence-corrected chi connectivity index (χ2v) is 3.86. The average Bonchev–Trinajstić information content (AvgIpc) is 2.63. The Balaban J connectivity index is 2.20. The number of aryl methyl sites for hydroxylation is 2. The quantitative estimate of drug-likeness (QED) is 0.728. The van der Waals surface area contributed by atoms with Crippen LogP contribution in [0, 0.1) is 0 Å². The number of hydrogen-bond donors (Lipinski definition) is 1. The van der Waals surface area contributed by atoms with Crippen LogP contribution in [0.25, 0.3) is 0 Å². The first-order chi connectivity index (χ1) is 7.26. The predicted molar refractivity (Wildman–Crippen MR) is 59.5 cm³/mol. The number of aromatic nitrogens is 4. The largest absolute Gasteiger partial charge is 0.317 e. The van der Waals surface area contributed by atoms with E-state index in [-0.39, 0.29) is 0 Å². The Labute approximate surface area is 91.2 Å². The highest BCUT2D eigenvalue weighted by molar-refractivity contribution is 4.77. The first-order valence-electron chi connectivity index (χ1n) is 5.66. The van der Waals surface area contributed by atoms with Crippen LogP contribution < -0.4 is 5.32 Å². The molecule has 0 aliphatic heterocycles. The smallest absolute Gasteiger partial charge is 0.174 e. The van der Waals surface area contributed by atoms with E-state index in [9.17, 15) is 0 Å². The molecule has 5 heteroatoms. The Morgan fingerprint density at radius 3 is 2.73 bits per heavy atom. The Morgan fingerprint density at radius 2 is 2.20 bits per heavy atom. The molecule has 0 aliphatic carbocycles. The zero-order valence-electron chi connectivity index (χ0n) is 9.90. The zero-order chi connectivity index (χ0) is 11.1. The summed E-state index contributed by atoms with van der Waals surface area (Å²) in [6, 6.07) is 0.631. The highest BCUT2D eigenvalue weighted by atomic mass is 15.6. The molecule has 5 nitrogen and oxygen atoms in total. The van der Waals surface area contributed by atoms with Crippen LogP contribution in [0.1, 0.15) is 38.4 Å². The summed E-state index contributed by atoms with van der Waals surface area (Å²) in [5.41, 5.74) is 0. The molecule has 1 heterocycles. The first kappa shape index (κ1) is 12.1. The van der Waals surface area contributed by atoms with Gasteiger partial charge in [-0.15, -0.1) is 10.2 Å². The Hall–Kier alpha value is -0.970. The molecule has 1 aromatic rings. The van der Waals surface area contributed by atoms with Crippen molar-refractivity contribution in [2.24, 2.45) is 7.05 Å². The van der Waals surface area contributed by atoms with Crippen molar-refractivity contribution in [2.75, 3.05) is 7.05 Å². The van der Waals surface area contributed by atoms with Gasteiger partial charge < -0.3 is 5.32 Å². The van der Waals surface area contributed by atoms with Crippen LogP contribution in [-0.2, 0) is 13.5 Å². The number of rotatable bonds is 7. The molecule has 1 aromatic heterocycles. The standard InChI is InChI=1S/C10H21N5/c1-4-6-9(11-2)7-5-8-10-12-14-15(3)13-10/h9,11H,4-8H2,1-3H3. The molecule has 0 bridgehead atoms. The van der Waals surface area contributed by atoms with Crippen LogP contribution in [0.15, 0.2) is 0 Å². The summed E-state index contributed by atoms with van der Waals surface area (Å²) in [4.78, 5) is 1.51. The highest BCUT2D eigenvalue weighted by Gasteiger charge is 2.06. The molecule has 0 fully saturated rings. The average molecular weight is 211 g/mol. The molecule has 1 unspecified atom stereocenters. The summed E-state index contributed by atoms with van der Waals surface area (Å²) in [6.45, 7) is 2.22. The third-order valence-electron chi connectivity index (χ3n) is 2.55. The van der Waals surface area contributed by atoms with Crippen molar-refractivity contribution in [1.82, 2.24) is 25.5 Å². The molecule has 0 spiro atoms.